The molecule has 1 amide bonds. The number of carbonyl (C=O) groups excluding carboxylic acids is 1. The Morgan fingerprint density at radius 2 is 2.06 bits per heavy atom. The van der Waals surface area contributed by atoms with E-state index in [0.717, 1.165) is 30.6 Å². The summed E-state index contributed by atoms with van der Waals surface area (Å²) < 4.78 is 21.8. The molecule has 0 aliphatic carbocycles. The van der Waals surface area contributed by atoms with Crippen molar-refractivity contribution in [3.63, 3.8) is 0 Å². The Hall–Kier alpha value is -1.22. The predicted octanol–water partition coefficient (Wildman–Crippen LogP) is 0.134. The van der Waals surface area contributed by atoms with Gasteiger partial charge in [0.1, 0.15) is 9.84 Å². The summed E-state index contributed by atoms with van der Waals surface area (Å²) in [6.07, 6.45) is 2.08. The first-order valence-corrected chi connectivity index (χ1v) is 8.33. The van der Waals surface area contributed by atoms with E-state index in [1.165, 1.54) is 0 Å². The maximum atomic E-state index is 11.6. The fourth-order valence-corrected chi connectivity index (χ4v) is 2.20. The Kier molecular flexibility index (Phi) is 5.48. The third-order valence-corrected chi connectivity index (χ3v) is 3.73. The Balaban J connectivity index is 2.44. The molecule has 7 nitrogen and oxygen atoms in total. The topological polar surface area (TPSA) is 101 Å². The standard InChI is InChI=1S/C9H16N4O3S2/c1-3-4-11-9-13-12-8(17-9)7(14)10-5-6-18(2,15)16/h3-6H2,1-2H3,(H,10,14)(H,11,13). The van der Waals surface area contributed by atoms with Gasteiger partial charge in [-0.3, -0.25) is 4.79 Å². The van der Waals surface area contributed by atoms with E-state index in [-0.39, 0.29) is 17.3 Å². The van der Waals surface area contributed by atoms with Gasteiger partial charge < -0.3 is 10.6 Å². The van der Waals surface area contributed by atoms with Crippen LogP contribution in [0.3, 0.4) is 0 Å². The summed E-state index contributed by atoms with van der Waals surface area (Å²) in [5.41, 5.74) is 0. The third kappa shape index (κ3) is 5.41. The highest BCUT2D eigenvalue weighted by atomic mass is 32.2. The highest BCUT2D eigenvalue weighted by Crippen LogP contribution is 2.14. The average Bonchev–Trinajstić information content (AvgIpc) is 2.73. The number of sulfone groups is 1. The number of aromatic nitrogens is 2. The quantitative estimate of drug-likeness (QED) is 0.741. The van der Waals surface area contributed by atoms with Crippen molar-refractivity contribution >= 4 is 32.2 Å². The lowest BCUT2D eigenvalue weighted by atomic mass is 10.5. The molecule has 102 valence electrons. The van der Waals surface area contributed by atoms with Gasteiger partial charge >= 0.3 is 0 Å². The van der Waals surface area contributed by atoms with E-state index in [1.54, 1.807) is 0 Å². The molecule has 0 aliphatic rings. The highest BCUT2D eigenvalue weighted by Gasteiger charge is 2.12. The molecule has 0 aromatic carbocycles. The van der Waals surface area contributed by atoms with Crippen LogP contribution in [0.4, 0.5) is 5.13 Å². The van der Waals surface area contributed by atoms with E-state index in [1.807, 2.05) is 6.92 Å². The molecule has 0 unspecified atom stereocenters. The summed E-state index contributed by atoms with van der Waals surface area (Å²) in [5, 5.41) is 13.9. The second-order valence-corrected chi connectivity index (χ2v) is 6.96. The Labute approximate surface area is 110 Å². The molecule has 0 aliphatic heterocycles. The zero-order valence-electron chi connectivity index (χ0n) is 10.3. The van der Waals surface area contributed by atoms with Crippen LogP contribution in [-0.2, 0) is 9.84 Å². The van der Waals surface area contributed by atoms with Gasteiger partial charge in [-0.25, -0.2) is 8.42 Å². The van der Waals surface area contributed by atoms with Gasteiger partial charge in [0.05, 0.1) is 5.75 Å². The van der Waals surface area contributed by atoms with Gasteiger partial charge in [-0.1, -0.05) is 18.3 Å². The first-order valence-electron chi connectivity index (χ1n) is 5.45. The molecule has 0 bridgehead atoms. The minimum Gasteiger partial charge on any atom is -0.360 e. The molecule has 0 fully saturated rings. The molecule has 0 saturated heterocycles. The molecule has 1 heterocycles. The first kappa shape index (κ1) is 14.8. The number of anilines is 1. The first-order chi connectivity index (χ1) is 8.42. The van der Waals surface area contributed by atoms with Gasteiger partial charge in [0, 0.05) is 19.3 Å². The summed E-state index contributed by atoms with van der Waals surface area (Å²) in [6, 6.07) is 0. The molecule has 0 atom stereocenters. The summed E-state index contributed by atoms with van der Waals surface area (Å²) in [5.74, 6) is -0.487. The largest absolute Gasteiger partial charge is 0.360 e. The lowest BCUT2D eigenvalue weighted by Gasteiger charge is -2.00. The normalized spacial score (nSPS) is 11.2. The Morgan fingerprint density at radius 3 is 2.67 bits per heavy atom. The van der Waals surface area contributed by atoms with Gasteiger partial charge in [0.2, 0.25) is 10.1 Å². The van der Waals surface area contributed by atoms with Crippen molar-refractivity contribution in [3.8, 4) is 0 Å². The van der Waals surface area contributed by atoms with Crippen molar-refractivity contribution in [1.82, 2.24) is 15.5 Å². The second kappa shape index (κ2) is 6.64. The fourth-order valence-electron chi connectivity index (χ4n) is 1.04. The van der Waals surface area contributed by atoms with Crippen LogP contribution in [0.1, 0.15) is 23.1 Å². The molecule has 1 aromatic rings. The Bertz CT molecular complexity index is 498. The number of rotatable bonds is 7. The van der Waals surface area contributed by atoms with Gasteiger partial charge in [-0.2, -0.15) is 0 Å². The lowest BCUT2D eigenvalue weighted by Crippen LogP contribution is -2.28. The minimum absolute atomic E-state index is 0.0783. The molecule has 18 heavy (non-hydrogen) atoms. The molecule has 2 N–H and O–H groups in total. The number of hydrogen-bond acceptors (Lipinski definition) is 7. The maximum absolute atomic E-state index is 11.6. The lowest BCUT2D eigenvalue weighted by molar-refractivity contribution is 0.0955. The van der Waals surface area contributed by atoms with E-state index >= 15 is 0 Å². The zero-order valence-corrected chi connectivity index (χ0v) is 11.9. The van der Waals surface area contributed by atoms with Gasteiger partial charge in [0.15, 0.2) is 0 Å². The smallest absolute Gasteiger partial charge is 0.282 e. The van der Waals surface area contributed by atoms with Crippen molar-refractivity contribution in [2.75, 3.05) is 30.4 Å². The number of hydrogen-bond donors (Lipinski definition) is 2. The molecule has 1 rings (SSSR count). The molecule has 0 saturated carbocycles. The number of carbonyl (C=O) groups is 1. The number of nitrogens with one attached hydrogen (secondary N) is 2. The van der Waals surface area contributed by atoms with Crippen LogP contribution in [0.25, 0.3) is 0 Å². The molecular formula is C9H16N4O3S2. The van der Waals surface area contributed by atoms with Crippen molar-refractivity contribution in [3.05, 3.63) is 5.01 Å². The average molecular weight is 292 g/mol. The van der Waals surface area contributed by atoms with Crippen molar-refractivity contribution in [2.45, 2.75) is 13.3 Å². The van der Waals surface area contributed by atoms with Crippen molar-refractivity contribution < 1.29 is 13.2 Å². The molecule has 0 radical (unpaired) electrons. The van der Waals surface area contributed by atoms with Gasteiger partial charge in [-0.15, -0.1) is 10.2 Å². The van der Waals surface area contributed by atoms with Crippen molar-refractivity contribution in [1.29, 1.82) is 0 Å². The van der Waals surface area contributed by atoms with Crippen LogP contribution in [0.5, 0.6) is 0 Å². The minimum atomic E-state index is -3.07. The number of amides is 1. The second-order valence-electron chi connectivity index (χ2n) is 3.72. The van der Waals surface area contributed by atoms with Crippen LogP contribution < -0.4 is 10.6 Å². The van der Waals surface area contributed by atoms with E-state index in [0.29, 0.717) is 5.13 Å². The summed E-state index contributed by atoms with van der Waals surface area (Å²) in [4.78, 5) is 11.6. The fraction of sp³-hybridized carbons (Fsp3) is 0.667. The summed E-state index contributed by atoms with van der Waals surface area (Å²) >= 11 is 1.14. The Morgan fingerprint density at radius 1 is 1.33 bits per heavy atom. The predicted molar refractivity (Wildman–Crippen MR) is 70.7 cm³/mol. The van der Waals surface area contributed by atoms with Crippen LogP contribution in [0.15, 0.2) is 0 Å². The highest BCUT2D eigenvalue weighted by molar-refractivity contribution is 7.90. The van der Waals surface area contributed by atoms with E-state index in [4.69, 9.17) is 0 Å². The molecular weight excluding hydrogens is 276 g/mol. The maximum Gasteiger partial charge on any atom is 0.282 e. The van der Waals surface area contributed by atoms with Gasteiger partial charge in [-0.05, 0) is 6.42 Å². The zero-order chi connectivity index (χ0) is 13.6. The van der Waals surface area contributed by atoms with Crippen LogP contribution in [0, 0.1) is 0 Å². The van der Waals surface area contributed by atoms with E-state index in [9.17, 15) is 13.2 Å². The number of nitrogens with zero attached hydrogens (tertiary/aromatic N) is 2. The molecule has 9 heteroatoms. The summed E-state index contributed by atoms with van der Waals surface area (Å²) in [7, 11) is -3.07. The van der Waals surface area contributed by atoms with Crippen LogP contribution in [-0.4, -0.2) is 49.6 Å². The van der Waals surface area contributed by atoms with Gasteiger partial charge in [0.25, 0.3) is 5.91 Å². The van der Waals surface area contributed by atoms with Crippen LogP contribution >= 0.6 is 11.3 Å². The molecule has 1 aromatic heterocycles. The third-order valence-electron chi connectivity index (χ3n) is 1.90. The van der Waals surface area contributed by atoms with E-state index < -0.39 is 15.7 Å². The van der Waals surface area contributed by atoms with Crippen LogP contribution in [0.2, 0.25) is 0 Å². The summed E-state index contributed by atoms with van der Waals surface area (Å²) in [6.45, 7) is 2.87. The molecule has 0 spiro atoms. The monoisotopic (exact) mass is 292 g/mol. The SMILES string of the molecule is CCCNc1nnc(C(=O)NCCS(C)(=O)=O)s1. The van der Waals surface area contributed by atoms with Crippen molar-refractivity contribution in [2.24, 2.45) is 0 Å². The van der Waals surface area contributed by atoms with E-state index in [2.05, 4.69) is 20.8 Å².